The van der Waals surface area contributed by atoms with Crippen LogP contribution in [-0.4, -0.2) is 19.0 Å². The van der Waals surface area contributed by atoms with Crippen molar-refractivity contribution < 1.29 is 9.53 Å². The van der Waals surface area contributed by atoms with Crippen LogP contribution >= 0.6 is 0 Å². The van der Waals surface area contributed by atoms with E-state index >= 15 is 0 Å². The van der Waals surface area contributed by atoms with Crippen molar-refractivity contribution in [3.05, 3.63) is 48.0 Å². The van der Waals surface area contributed by atoms with Gasteiger partial charge in [-0.05, 0) is 13.0 Å². The molecule has 0 atom stereocenters. The molecule has 0 saturated carbocycles. The second-order valence-electron chi connectivity index (χ2n) is 3.10. The van der Waals surface area contributed by atoms with Gasteiger partial charge < -0.3 is 4.74 Å². The highest BCUT2D eigenvalue weighted by Gasteiger charge is 2.04. The van der Waals surface area contributed by atoms with Gasteiger partial charge in [-0.25, -0.2) is 0 Å². The van der Waals surface area contributed by atoms with Gasteiger partial charge in [0.05, 0.1) is 6.61 Å². The summed E-state index contributed by atoms with van der Waals surface area (Å²) in [5, 5.41) is 0. The summed E-state index contributed by atoms with van der Waals surface area (Å²) in [4.78, 5) is 11.5. The minimum atomic E-state index is 0.00977. The Labute approximate surface area is 84.2 Å². The number of Topliss-reactive ketones (excluding diaryl/α,β-unsaturated/α-hetero) is 1. The van der Waals surface area contributed by atoms with Crippen LogP contribution in [0.1, 0.15) is 15.9 Å². The minimum absolute atomic E-state index is 0.00977. The Bertz CT molecular complexity index is 329. The zero-order valence-corrected chi connectivity index (χ0v) is 8.32. The maximum Gasteiger partial charge on any atom is 0.188 e. The Kier molecular flexibility index (Phi) is 4.08. The Morgan fingerprint density at radius 1 is 1.57 bits per heavy atom. The van der Waals surface area contributed by atoms with Gasteiger partial charge in [-0.2, -0.15) is 0 Å². The van der Waals surface area contributed by atoms with Crippen LogP contribution in [0.3, 0.4) is 0 Å². The highest BCUT2D eigenvalue weighted by molar-refractivity contribution is 5.97. The molecule has 0 aliphatic rings. The van der Waals surface area contributed by atoms with Crippen molar-refractivity contribution in [2.75, 3.05) is 13.2 Å². The third-order valence-corrected chi connectivity index (χ3v) is 1.81. The summed E-state index contributed by atoms with van der Waals surface area (Å²) in [6, 6.07) is 7.49. The van der Waals surface area contributed by atoms with Gasteiger partial charge in [0.1, 0.15) is 6.61 Å². The molecule has 0 amide bonds. The molecular formula is C12H14O2. The van der Waals surface area contributed by atoms with Crippen LogP contribution in [0.5, 0.6) is 0 Å². The third kappa shape index (κ3) is 3.15. The standard InChI is InChI=1S/C12H14O2/c1-3-7-14-9-12(13)11-6-4-5-10(2)8-11/h3-6,8H,1,7,9H2,2H3. The Morgan fingerprint density at radius 2 is 2.36 bits per heavy atom. The number of aryl methyl sites for hydroxylation is 1. The summed E-state index contributed by atoms with van der Waals surface area (Å²) in [5.74, 6) is 0.00977. The largest absolute Gasteiger partial charge is 0.369 e. The third-order valence-electron chi connectivity index (χ3n) is 1.81. The first-order valence-electron chi connectivity index (χ1n) is 4.52. The van der Waals surface area contributed by atoms with E-state index in [9.17, 15) is 4.79 Å². The summed E-state index contributed by atoms with van der Waals surface area (Å²) >= 11 is 0. The van der Waals surface area contributed by atoms with Gasteiger partial charge in [0.15, 0.2) is 5.78 Å². The molecule has 1 rings (SSSR count). The summed E-state index contributed by atoms with van der Waals surface area (Å²) in [6.07, 6.45) is 1.63. The van der Waals surface area contributed by atoms with Crippen LogP contribution in [-0.2, 0) is 4.74 Å². The second kappa shape index (κ2) is 5.35. The van der Waals surface area contributed by atoms with Crippen molar-refractivity contribution in [1.82, 2.24) is 0 Å². The van der Waals surface area contributed by atoms with Crippen LogP contribution in [0.15, 0.2) is 36.9 Å². The first-order chi connectivity index (χ1) is 6.74. The molecule has 0 aliphatic heterocycles. The highest BCUT2D eigenvalue weighted by Crippen LogP contribution is 2.04. The van der Waals surface area contributed by atoms with Crippen molar-refractivity contribution in [2.45, 2.75) is 6.92 Å². The molecule has 0 fully saturated rings. The second-order valence-corrected chi connectivity index (χ2v) is 3.10. The maximum absolute atomic E-state index is 11.5. The van der Waals surface area contributed by atoms with Gasteiger partial charge in [0, 0.05) is 5.56 Å². The maximum atomic E-state index is 11.5. The number of carbonyl (C=O) groups excluding carboxylic acids is 1. The molecule has 0 N–H and O–H groups in total. The van der Waals surface area contributed by atoms with E-state index in [-0.39, 0.29) is 12.4 Å². The van der Waals surface area contributed by atoms with Gasteiger partial charge in [0.25, 0.3) is 0 Å². The average molecular weight is 190 g/mol. The molecule has 0 aromatic heterocycles. The summed E-state index contributed by atoms with van der Waals surface area (Å²) in [7, 11) is 0. The van der Waals surface area contributed by atoms with Crippen LogP contribution in [0.4, 0.5) is 0 Å². The molecule has 74 valence electrons. The molecule has 0 aliphatic carbocycles. The normalized spacial score (nSPS) is 9.79. The topological polar surface area (TPSA) is 26.3 Å². The van der Waals surface area contributed by atoms with Gasteiger partial charge in [-0.1, -0.05) is 29.8 Å². The number of rotatable bonds is 5. The molecule has 0 radical (unpaired) electrons. The van der Waals surface area contributed by atoms with Crippen molar-refractivity contribution >= 4 is 5.78 Å². The monoisotopic (exact) mass is 190 g/mol. The predicted octanol–water partition coefficient (Wildman–Crippen LogP) is 2.38. The smallest absolute Gasteiger partial charge is 0.188 e. The zero-order valence-electron chi connectivity index (χ0n) is 8.32. The van der Waals surface area contributed by atoms with E-state index in [0.717, 1.165) is 5.56 Å². The molecule has 0 bridgehead atoms. The van der Waals surface area contributed by atoms with E-state index in [1.54, 1.807) is 12.1 Å². The Morgan fingerprint density at radius 3 is 3.00 bits per heavy atom. The van der Waals surface area contributed by atoms with E-state index in [1.165, 1.54) is 0 Å². The fourth-order valence-corrected chi connectivity index (χ4v) is 1.14. The molecular weight excluding hydrogens is 176 g/mol. The molecule has 0 heterocycles. The van der Waals surface area contributed by atoms with Crippen LogP contribution in [0.25, 0.3) is 0 Å². The lowest BCUT2D eigenvalue weighted by Gasteiger charge is -2.01. The Balaban J connectivity index is 2.56. The highest BCUT2D eigenvalue weighted by atomic mass is 16.5. The number of ketones is 1. The number of hydrogen-bond donors (Lipinski definition) is 0. The summed E-state index contributed by atoms with van der Waals surface area (Å²) in [6.45, 7) is 6.00. The van der Waals surface area contributed by atoms with E-state index < -0.39 is 0 Å². The quantitative estimate of drug-likeness (QED) is 0.405. The minimum Gasteiger partial charge on any atom is -0.369 e. The lowest BCUT2D eigenvalue weighted by atomic mass is 10.1. The van der Waals surface area contributed by atoms with Crippen LogP contribution in [0, 0.1) is 6.92 Å². The predicted molar refractivity (Wildman–Crippen MR) is 56.5 cm³/mol. The molecule has 0 saturated heterocycles. The molecule has 1 aromatic rings. The number of benzene rings is 1. The fourth-order valence-electron chi connectivity index (χ4n) is 1.14. The zero-order chi connectivity index (χ0) is 10.4. The number of hydrogen-bond acceptors (Lipinski definition) is 2. The molecule has 2 nitrogen and oxygen atoms in total. The Hall–Kier alpha value is -1.41. The van der Waals surface area contributed by atoms with Gasteiger partial charge in [0.2, 0.25) is 0 Å². The van der Waals surface area contributed by atoms with Crippen molar-refractivity contribution in [1.29, 1.82) is 0 Å². The van der Waals surface area contributed by atoms with Crippen LogP contribution in [0.2, 0.25) is 0 Å². The SMILES string of the molecule is C=CCOCC(=O)c1cccc(C)c1. The number of ether oxygens (including phenoxy) is 1. The van der Waals surface area contributed by atoms with Gasteiger partial charge >= 0.3 is 0 Å². The molecule has 2 heteroatoms. The molecule has 0 spiro atoms. The summed E-state index contributed by atoms with van der Waals surface area (Å²) < 4.78 is 5.07. The van der Waals surface area contributed by atoms with Gasteiger partial charge in [-0.3, -0.25) is 4.79 Å². The first-order valence-corrected chi connectivity index (χ1v) is 4.52. The van der Waals surface area contributed by atoms with Crippen molar-refractivity contribution in [3.63, 3.8) is 0 Å². The van der Waals surface area contributed by atoms with Crippen LogP contribution < -0.4 is 0 Å². The molecule has 1 aromatic carbocycles. The van der Waals surface area contributed by atoms with E-state index in [1.807, 2.05) is 25.1 Å². The lowest BCUT2D eigenvalue weighted by molar-refractivity contribution is 0.0806. The van der Waals surface area contributed by atoms with E-state index in [2.05, 4.69) is 6.58 Å². The fraction of sp³-hybridized carbons (Fsp3) is 0.250. The molecule has 0 unspecified atom stereocenters. The van der Waals surface area contributed by atoms with E-state index in [0.29, 0.717) is 12.2 Å². The average Bonchev–Trinajstić information content (AvgIpc) is 2.18. The van der Waals surface area contributed by atoms with Crippen molar-refractivity contribution in [3.8, 4) is 0 Å². The van der Waals surface area contributed by atoms with E-state index in [4.69, 9.17) is 4.74 Å². The van der Waals surface area contributed by atoms with Crippen molar-refractivity contribution in [2.24, 2.45) is 0 Å². The summed E-state index contributed by atoms with van der Waals surface area (Å²) in [5.41, 5.74) is 1.79. The van der Waals surface area contributed by atoms with Gasteiger partial charge in [-0.15, -0.1) is 6.58 Å². The molecule has 14 heavy (non-hydrogen) atoms. The first kappa shape index (κ1) is 10.7. The number of carbonyl (C=O) groups is 1. The lowest BCUT2D eigenvalue weighted by Crippen LogP contribution is -2.09.